The lowest BCUT2D eigenvalue weighted by Gasteiger charge is -2.65. The summed E-state index contributed by atoms with van der Waals surface area (Å²) in [5.41, 5.74) is 8.59. The van der Waals surface area contributed by atoms with E-state index < -0.39 is 29.6 Å². The van der Waals surface area contributed by atoms with Crippen LogP contribution in [0.15, 0.2) is 90.3 Å². The Bertz CT molecular complexity index is 2630. The average Bonchev–Trinajstić information content (AvgIpc) is 3.78. The number of piperidine rings is 1. The smallest absolute Gasteiger partial charge is 0.160 e. The highest BCUT2D eigenvalue weighted by molar-refractivity contribution is 5.89. The number of dihydropyridines is 1. The Morgan fingerprint density at radius 2 is 1.79 bits per heavy atom. The van der Waals surface area contributed by atoms with Crippen LogP contribution in [0.1, 0.15) is 112 Å². The molecule has 4 saturated carbocycles. The van der Waals surface area contributed by atoms with Gasteiger partial charge in [0.05, 0.1) is 31.2 Å². The third-order valence-corrected chi connectivity index (χ3v) is 19.0. The summed E-state index contributed by atoms with van der Waals surface area (Å²) < 4.78 is 5.55. The van der Waals surface area contributed by atoms with Gasteiger partial charge in [0.15, 0.2) is 17.3 Å². The fourth-order valence-electron chi connectivity index (χ4n) is 15.9. The van der Waals surface area contributed by atoms with Crippen molar-refractivity contribution in [2.24, 2.45) is 58.0 Å². The molecule has 2 bridgehead atoms. The topological polar surface area (TPSA) is 174 Å². The zero-order valence-corrected chi connectivity index (χ0v) is 39.4. The third kappa shape index (κ3) is 7.80. The predicted molar refractivity (Wildman–Crippen MR) is 262 cm³/mol. The number of nitrogens with two attached hydrogens (primary N) is 1. The molecule has 10 nitrogen and oxygen atoms in total. The predicted octanol–water partition coefficient (Wildman–Crippen LogP) is 7.49. The van der Waals surface area contributed by atoms with Gasteiger partial charge in [0.2, 0.25) is 0 Å². The number of fused-ring (bicyclic) bond motifs is 6. The lowest BCUT2D eigenvalue weighted by molar-refractivity contribution is -0.154. The maximum atomic E-state index is 14.8. The normalized spacial score (nSPS) is 36.4. The number of allylic oxidation sites excluding steroid dienone is 4. The maximum absolute atomic E-state index is 14.8. The molecule has 0 aromatic heterocycles. The number of aliphatic hydroxyl groups excluding tert-OH is 3. The highest BCUT2D eigenvalue weighted by Crippen LogP contribution is 2.69. The van der Waals surface area contributed by atoms with Gasteiger partial charge in [0.1, 0.15) is 11.2 Å². The van der Waals surface area contributed by atoms with Crippen LogP contribution in [-0.2, 0) is 16.0 Å². The van der Waals surface area contributed by atoms with E-state index in [0.29, 0.717) is 103 Å². The largest absolute Gasteiger partial charge is 0.504 e. The van der Waals surface area contributed by atoms with Gasteiger partial charge in [0, 0.05) is 43.7 Å². The Balaban J connectivity index is 0.882. The Morgan fingerprint density at radius 3 is 2.62 bits per heavy atom. The SMILES string of the molecule is COc1cc2c(cc1O)C(CC(O)C(O)CC(C1=CCNC(N)=C1)c1ccc3ccccc3c1)C#CC1(CCC(C3C4C=CC5CCCC53C3CNC5CC(=O)CCC5C3C4)CC1O)C(=O)CC2. The Labute approximate surface area is 400 Å². The fourth-order valence-corrected chi connectivity index (χ4v) is 15.9. The molecule has 15 unspecified atom stereocenters. The quantitative estimate of drug-likeness (QED) is 0.0843. The summed E-state index contributed by atoms with van der Waals surface area (Å²) in [6, 6.07) is 18.2. The number of Topliss-reactive ketones (excluding diaryl/α,β-unsaturated/α-hetero) is 2. The molecule has 2 spiro atoms. The van der Waals surface area contributed by atoms with Crippen molar-refractivity contribution in [3.05, 3.63) is 107 Å². The molecule has 3 aromatic rings. The van der Waals surface area contributed by atoms with Crippen LogP contribution in [0.5, 0.6) is 11.5 Å². The molecule has 8 N–H and O–H groups in total. The number of phenols is 1. The lowest BCUT2D eigenvalue weighted by atomic mass is 9.41. The van der Waals surface area contributed by atoms with E-state index >= 15 is 0 Å². The highest BCUT2D eigenvalue weighted by Gasteiger charge is 2.65. The molecule has 358 valence electrons. The number of benzene rings is 3. The van der Waals surface area contributed by atoms with Crippen LogP contribution < -0.4 is 21.1 Å². The van der Waals surface area contributed by atoms with Crippen molar-refractivity contribution in [2.45, 2.75) is 126 Å². The van der Waals surface area contributed by atoms with Gasteiger partial charge in [-0.05, 0) is 169 Å². The summed E-state index contributed by atoms with van der Waals surface area (Å²) in [4.78, 5) is 27.4. The van der Waals surface area contributed by atoms with Crippen molar-refractivity contribution in [3.8, 4) is 23.3 Å². The molecule has 5 fully saturated rings. The number of ether oxygens (including phenoxy) is 1. The molecule has 0 amide bonds. The van der Waals surface area contributed by atoms with E-state index in [4.69, 9.17) is 10.5 Å². The number of aromatic hydroxyl groups is 1. The van der Waals surface area contributed by atoms with E-state index in [2.05, 4.69) is 71.0 Å². The minimum atomic E-state index is -1.27. The molecule has 8 aliphatic rings. The molecule has 11 rings (SSSR count). The van der Waals surface area contributed by atoms with Crippen molar-refractivity contribution >= 4 is 22.3 Å². The van der Waals surface area contributed by atoms with Crippen molar-refractivity contribution in [1.29, 1.82) is 0 Å². The third-order valence-electron chi connectivity index (χ3n) is 19.0. The number of phenolic OH excluding ortho intramolecular Hbond substituents is 1. The molecule has 3 aromatic carbocycles. The number of hydrogen-bond acceptors (Lipinski definition) is 10. The van der Waals surface area contributed by atoms with Gasteiger partial charge >= 0.3 is 0 Å². The second kappa shape index (κ2) is 18.1. The molecule has 0 radical (unpaired) electrons. The van der Waals surface area contributed by atoms with Gasteiger partial charge in [-0.2, -0.15) is 0 Å². The van der Waals surface area contributed by atoms with E-state index in [9.17, 15) is 30.0 Å². The average molecular weight is 920 g/mol. The van der Waals surface area contributed by atoms with Crippen molar-refractivity contribution in [3.63, 3.8) is 0 Å². The van der Waals surface area contributed by atoms with E-state index in [1.54, 1.807) is 12.1 Å². The van der Waals surface area contributed by atoms with Gasteiger partial charge in [-0.15, -0.1) is 0 Å². The first-order valence-corrected chi connectivity index (χ1v) is 25.8. The first-order valence-electron chi connectivity index (χ1n) is 25.8. The van der Waals surface area contributed by atoms with E-state index in [1.807, 2.05) is 18.2 Å². The lowest BCUT2D eigenvalue weighted by Crippen LogP contribution is -2.65. The van der Waals surface area contributed by atoms with E-state index in [0.717, 1.165) is 53.3 Å². The van der Waals surface area contributed by atoms with Crippen LogP contribution in [0.4, 0.5) is 0 Å². The van der Waals surface area contributed by atoms with E-state index in [-0.39, 0.29) is 48.0 Å². The summed E-state index contributed by atoms with van der Waals surface area (Å²) in [7, 11) is 1.50. The summed E-state index contributed by atoms with van der Waals surface area (Å²) in [5.74, 6) is 10.4. The molecular formula is C58H69N3O7. The monoisotopic (exact) mass is 920 g/mol. The minimum absolute atomic E-state index is 0.0472. The van der Waals surface area contributed by atoms with Gasteiger partial charge in [-0.1, -0.05) is 79.0 Å². The first kappa shape index (κ1) is 45.5. The molecule has 2 aliphatic heterocycles. The molecule has 15 atom stereocenters. The summed E-state index contributed by atoms with van der Waals surface area (Å²) >= 11 is 0. The number of methoxy groups -OCH3 is 1. The highest BCUT2D eigenvalue weighted by atomic mass is 16.5. The van der Waals surface area contributed by atoms with Gasteiger partial charge < -0.3 is 41.5 Å². The van der Waals surface area contributed by atoms with E-state index in [1.165, 1.54) is 26.4 Å². The molecule has 1 saturated heterocycles. The second-order valence-corrected chi connectivity index (χ2v) is 22.1. The number of aryl methyl sites for hydroxylation is 1. The number of rotatable bonds is 9. The number of nitrogens with one attached hydrogen (secondary N) is 2. The van der Waals surface area contributed by atoms with Crippen molar-refractivity contribution in [1.82, 2.24) is 10.6 Å². The fraction of sp³-hybridized carbons (Fsp3) is 0.552. The van der Waals surface area contributed by atoms with Crippen LogP contribution in [0.2, 0.25) is 0 Å². The summed E-state index contributed by atoms with van der Waals surface area (Å²) in [6.45, 7) is 1.52. The standard InChI is InChI=1S/C58H69N3O7/c1-68-52-26-36-11-15-53(66)57(21-17-40(27-54(57)67)56-39-10-12-41-7-4-19-58(41,56)47-32-61-48-29-42(62)13-14-43(48)46(47)24-39)20-16-37(45(36)31-51(52)65)25-49(63)50(64)30-44(38-18-22-60-55(59)28-38)35-9-8-33-5-2-3-6-34(33)23-35/h2-3,5-6,8-10,12,18,23,26,28,31,37,39-41,43-44,46-50,54,56,60-61,63-65,67H,4,7,11,13-15,17,19,21-22,24-25,27,29-30,32,59H2,1H3. The first-order chi connectivity index (χ1) is 32.9. The molecule has 10 heteroatoms. The Hall–Kier alpha value is -4.92. The van der Waals surface area contributed by atoms with Crippen LogP contribution in [0, 0.1) is 64.1 Å². The zero-order valence-electron chi connectivity index (χ0n) is 39.4. The Kier molecular flexibility index (Phi) is 12.1. The summed E-state index contributed by atoms with van der Waals surface area (Å²) in [6.07, 6.45) is 15.4. The Morgan fingerprint density at radius 1 is 0.941 bits per heavy atom. The van der Waals surface area contributed by atoms with Gasteiger partial charge in [0.25, 0.3) is 0 Å². The molecule has 6 aliphatic carbocycles. The second-order valence-electron chi connectivity index (χ2n) is 22.1. The van der Waals surface area contributed by atoms with Crippen LogP contribution in [0.25, 0.3) is 10.8 Å². The number of carbonyl (C=O) groups excluding carboxylic acids is 2. The number of aliphatic hydroxyl groups is 3. The van der Waals surface area contributed by atoms with Crippen LogP contribution >= 0.6 is 0 Å². The summed E-state index contributed by atoms with van der Waals surface area (Å²) in [5, 5.41) is 57.2. The minimum Gasteiger partial charge on any atom is -0.504 e. The molecule has 68 heavy (non-hydrogen) atoms. The zero-order chi connectivity index (χ0) is 46.9. The molecular weight excluding hydrogens is 851 g/mol. The van der Waals surface area contributed by atoms with Gasteiger partial charge in [-0.3, -0.25) is 9.59 Å². The van der Waals surface area contributed by atoms with Crippen molar-refractivity contribution in [2.75, 3.05) is 20.2 Å². The van der Waals surface area contributed by atoms with Crippen LogP contribution in [0.3, 0.4) is 0 Å². The number of ketones is 2. The van der Waals surface area contributed by atoms with Gasteiger partial charge in [-0.25, -0.2) is 0 Å². The number of hydrogen-bond donors (Lipinski definition) is 7. The van der Waals surface area contributed by atoms with Crippen molar-refractivity contribution < 1.29 is 34.8 Å². The number of carbonyl (C=O) groups is 2. The maximum Gasteiger partial charge on any atom is 0.160 e. The molecule has 2 heterocycles. The van der Waals surface area contributed by atoms with Crippen LogP contribution in [-0.4, -0.2) is 76.5 Å².